The van der Waals surface area contributed by atoms with Crippen molar-refractivity contribution in [2.75, 3.05) is 7.11 Å². The van der Waals surface area contributed by atoms with Crippen LogP contribution < -0.4 is 17.2 Å². The molecule has 0 aliphatic carbocycles. The van der Waals surface area contributed by atoms with E-state index in [1.807, 2.05) is 13.8 Å². The molecule has 1 atom stereocenters. The predicted octanol–water partition coefficient (Wildman–Crippen LogP) is -0.204. The summed E-state index contributed by atoms with van der Waals surface area (Å²) in [5.74, 6) is 0. The Balaban J connectivity index is -0.000000123. The fraction of sp³-hybridized carbons (Fsp3) is 1.00. The highest BCUT2D eigenvalue weighted by Crippen LogP contribution is 2.34. The molecule has 0 radical (unpaired) electrons. The molecule has 0 saturated heterocycles. The monoisotopic (exact) mass is 275 g/mol. The fourth-order valence-corrected chi connectivity index (χ4v) is 1.50. The molecule has 4 nitrogen and oxygen atoms in total. The van der Waals surface area contributed by atoms with E-state index in [0.29, 0.717) is 0 Å². The van der Waals surface area contributed by atoms with Gasteiger partial charge in [-0.2, -0.15) is 0 Å². The summed E-state index contributed by atoms with van der Waals surface area (Å²) in [7, 11) is 1.61. The number of methoxy groups -OCH3 is 1. The Bertz CT molecular complexity index is 185. The van der Waals surface area contributed by atoms with Crippen LogP contribution in [-0.4, -0.2) is 35.8 Å². The van der Waals surface area contributed by atoms with Crippen molar-refractivity contribution < 1.29 is 4.74 Å². The summed E-state index contributed by atoms with van der Waals surface area (Å²) in [6, 6.07) is 0. The van der Waals surface area contributed by atoms with Gasteiger partial charge in [-0.05, 0) is 31.1 Å². The molecule has 0 saturated carbocycles. The van der Waals surface area contributed by atoms with E-state index < -0.39 is 5.66 Å². The van der Waals surface area contributed by atoms with Gasteiger partial charge < -0.3 is 21.9 Å². The van der Waals surface area contributed by atoms with E-state index in [-0.39, 0.29) is 28.5 Å². The van der Waals surface area contributed by atoms with Gasteiger partial charge >= 0.3 is 0 Å². The first-order valence-electron chi connectivity index (χ1n) is 6.60. The quantitative estimate of drug-likeness (QED) is 0.462. The molecular formula is C13H39B2N3O. The third-order valence-electron chi connectivity index (χ3n) is 3.97. The molecule has 0 heterocycles. The number of ether oxygens (including phenoxy) is 1. The van der Waals surface area contributed by atoms with E-state index >= 15 is 0 Å². The summed E-state index contributed by atoms with van der Waals surface area (Å²) in [6.07, 6.45) is 3.75. The van der Waals surface area contributed by atoms with E-state index in [1.165, 1.54) is 0 Å². The highest BCUT2D eigenvalue weighted by atomic mass is 16.5. The van der Waals surface area contributed by atoms with Crippen LogP contribution >= 0.6 is 0 Å². The lowest BCUT2D eigenvalue weighted by Gasteiger charge is -2.42. The summed E-state index contributed by atoms with van der Waals surface area (Å²) in [5, 5.41) is 0. The Morgan fingerprint density at radius 2 is 1.32 bits per heavy atom. The van der Waals surface area contributed by atoms with Gasteiger partial charge in [0.05, 0.1) is 22.5 Å². The van der Waals surface area contributed by atoms with Gasteiger partial charge in [0.25, 0.3) is 0 Å². The molecule has 0 aromatic heterocycles. The summed E-state index contributed by atoms with van der Waals surface area (Å²) >= 11 is 0. The molecule has 118 valence electrons. The normalized spacial score (nSPS) is 12.5. The van der Waals surface area contributed by atoms with Crippen LogP contribution in [0.5, 0.6) is 0 Å². The molecule has 0 fully saturated rings. The molecule has 0 bridgehead atoms. The smallest absolute Gasteiger partial charge is 0.104 e. The van der Waals surface area contributed by atoms with Gasteiger partial charge in [-0.1, -0.05) is 34.6 Å². The SMILES string of the molecule is B.B.CCC(N)(N)C(C)(CC)CC.CCC(N)OC. The minimum absolute atomic E-state index is 0. The number of hydrogen-bond donors (Lipinski definition) is 3. The Morgan fingerprint density at radius 3 is 1.37 bits per heavy atom. The van der Waals surface area contributed by atoms with Gasteiger partial charge in [-0.25, -0.2) is 0 Å². The molecular weight excluding hydrogens is 236 g/mol. The Hall–Kier alpha value is -0.0301. The summed E-state index contributed by atoms with van der Waals surface area (Å²) in [4.78, 5) is 0. The largest absolute Gasteiger partial charge is 0.367 e. The predicted molar refractivity (Wildman–Crippen MR) is 95.2 cm³/mol. The van der Waals surface area contributed by atoms with E-state index in [1.54, 1.807) is 7.11 Å². The average Bonchev–Trinajstić information content (AvgIpc) is 2.36. The molecule has 1 unspecified atom stereocenters. The minimum Gasteiger partial charge on any atom is -0.367 e. The van der Waals surface area contributed by atoms with Crippen molar-refractivity contribution in [3.05, 3.63) is 0 Å². The van der Waals surface area contributed by atoms with Crippen LogP contribution in [0.2, 0.25) is 0 Å². The van der Waals surface area contributed by atoms with Crippen molar-refractivity contribution in [2.24, 2.45) is 22.6 Å². The molecule has 0 amide bonds. The van der Waals surface area contributed by atoms with Crippen LogP contribution in [0, 0.1) is 5.41 Å². The molecule has 0 spiro atoms. The maximum absolute atomic E-state index is 5.99. The standard InChI is InChI=1S/C9H22N2.C4H11NO.2BH3/c1-5-8(4,6-2)9(10,11)7-3;1-3-4(5)6-2;;/h5-7,10-11H2,1-4H3;4H,3,5H2,1-2H3;2*1H3. The molecule has 0 aromatic rings. The van der Waals surface area contributed by atoms with Crippen LogP contribution in [0.15, 0.2) is 0 Å². The van der Waals surface area contributed by atoms with Crippen molar-refractivity contribution in [3.63, 3.8) is 0 Å². The number of rotatable bonds is 6. The molecule has 6 heteroatoms. The van der Waals surface area contributed by atoms with Crippen molar-refractivity contribution >= 4 is 16.8 Å². The molecule has 0 aliphatic rings. The Labute approximate surface area is 124 Å². The third kappa shape index (κ3) is 9.49. The van der Waals surface area contributed by atoms with Crippen molar-refractivity contribution in [2.45, 2.75) is 72.2 Å². The first-order chi connectivity index (χ1) is 7.74. The minimum atomic E-state index is -0.503. The van der Waals surface area contributed by atoms with E-state index in [0.717, 1.165) is 25.7 Å². The molecule has 6 N–H and O–H groups in total. The van der Waals surface area contributed by atoms with E-state index in [2.05, 4.69) is 25.5 Å². The Kier molecular flexibility index (Phi) is 18.7. The van der Waals surface area contributed by atoms with Gasteiger partial charge in [0, 0.05) is 7.11 Å². The van der Waals surface area contributed by atoms with Crippen molar-refractivity contribution in [3.8, 4) is 0 Å². The van der Waals surface area contributed by atoms with Gasteiger partial charge in [0.1, 0.15) is 6.23 Å². The maximum atomic E-state index is 5.99. The molecule has 19 heavy (non-hydrogen) atoms. The van der Waals surface area contributed by atoms with Crippen LogP contribution in [0.3, 0.4) is 0 Å². The van der Waals surface area contributed by atoms with Gasteiger partial charge in [0.15, 0.2) is 0 Å². The first-order valence-corrected chi connectivity index (χ1v) is 6.60. The summed E-state index contributed by atoms with van der Waals surface area (Å²) < 4.78 is 4.68. The van der Waals surface area contributed by atoms with Gasteiger partial charge in [-0.3, -0.25) is 0 Å². The van der Waals surface area contributed by atoms with Crippen LogP contribution in [0.1, 0.15) is 60.3 Å². The Morgan fingerprint density at radius 1 is 0.947 bits per heavy atom. The number of nitrogens with two attached hydrogens (primary N) is 3. The lowest BCUT2D eigenvalue weighted by atomic mass is 9.72. The highest BCUT2D eigenvalue weighted by molar-refractivity contribution is 5.76. The summed E-state index contributed by atoms with van der Waals surface area (Å²) in [5.41, 5.74) is 16.8. The van der Waals surface area contributed by atoms with Crippen molar-refractivity contribution in [1.82, 2.24) is 0 Å². The van der Waals surface area contributed by atoms with Crippen LogP contribution in [-0.2, 0) is 4.74 Å². The van der Waals surface area contributed by atoms with Crippen LogP contribution in [0.4, 0.5) is 0 Å². The first kappa shape index (κ1) is 27.3. The van der Waals surface area contributed by atoms with Gasteiger partial charge in [-0.15, -0.1) is 0 Å². The number of hydrogen-bond acceptors (Lipinski definition) is 4. The lowest BCUT2D eigenvalue weighted by Crippen LogP contribution is -2.60. The zero-order valence-corrected chi connectivity index (χ0v) is 12.5. The molecule has 0 rings (SSSR count). The lowest BCUT2D eigenvalue weighted by molar-refractivity contribution is 0.105. The maximum Gasteiger partial charge on any atom is 0.104 e. The fourth-order valence-electron chi connectivity index (χ4n) is 1.50. The van der Waals surface area contributed by atoms with Crippen molar-refractivity contribution in [1.29, 1.82) is 0 Å². The second-order valence-corrected chi connectivity index (χ2v) is 4.84. The zero-order valence-electron chi connectivity index (χ0n) is 12.5. The highest BCUT2D eigenvalue weighted by Gasteiger charge is 2.37. The zero-order chi connectivity index (χ0) is 14.1. The van der Waals surface area contributed by atoms with E-state index in [4.69, 9.17) is 17.2 Å². The topological polar surface area (TPSA) is 87.3 Å². The molecule has 0 aliphatic heterocycles. The second kappa shape index (κ2) is 13.0. The van der Waals surface area contributed by atoms with Crippen LogP contribution in [0.25, 0.3) is 0 Å². The third-order valence-corrected chi connectivity index (χ3v) is 3.97. The average molecular weight is 275 g/mol. The molecule has 0 aromatic carbocycles. The van der Waals surface area contributed by atoms with E-state index in [9.17, 15) is 0 Å². The summed E-state index contributed by atoms with van der Waals surface area (Å²) in [6.45, 7) is 10.5. The second-order valence-electron chi connectivity index (χ2n) is 4.84. The van der Waals surface area contributed by atoms with Gasteiger partial charge in [0.2, 0.25) is 0 Å².